The third kappa shape index (κ3) is 1.36. The average molecular weight is 144 g/mol. The highest BCUT2D eigenvalue weighted by molar-refractivity contribution is 5.84. The van der Waals surface area contributed by atoms with Crippen LogP contribution in [0.15, 0.2) is 0 Å². The number of halogens is 1. The van der Waals surface area contributed by atoms with Gasteiger partial charge in [0.25, 0.3) is 0 Å². The number of hydrogen-bond donors (Lipinski definition) is 0. The molecule has 3 atom stereocenters. The number of ketones is 1. The van der Waals surface area contributed by atoms with Gasteiger partial charge in [-0.2, -0.15) is 0 Å². The van der Waals surface area contributed by atoms with E-state index in [0.717, 1.165) is 6.42 Å². The van der Waals surface area contributed by atoms with Crippen LogP contribution in [0.25, 0.3) is 0 Å². The monoisotopic (exact) mass is 144 g/mol. The molecule has 1 saturated carbocycles. The Morgan fingerprint density at radius 2 is 2.10 bits per heavy atom. The van der Waals surface area contributed by atoms with Gasteiger partial charge in [0, 0.05) is 6.42 Å². The quantitative estimate of drug-likeness (QED) is 0.508. The minimum atomic E-state index is -1.18. The van der Waals surface area contributed by atoms with Crippen molar-refractivity contribution in [1.29, 1.82) is 0 Å². The molecule has 0 amide bonds. The third-order valence-electron chi connectivity index (χ3n) is 2.13. The van der Waals surface area contributed by atoms with Gasteiger partial charge in [-0.05, 0) is 18.3 Å². The molecule has 0 aromatic carbocycles. The van der Waals surface area contributed by atoms with Gasteiger partial charge in [0.05, 0.1) is 0 Å². The normalized spacial score (nSPS) is 41.9. The minimum Gasteiger partial charge on any atom is -0.296 e. The lowest BCUT2D eigenvalue weighted by molar-refractivity contribution is -0.129. The largest absolute Gasteiger partial charge is 0.296 e. The van der Waals surface area contributed by atoms with Crippen LogP contribution in [0.3, 0.4) is 0 Å². The molecule has 0 aromatic rings. The van der Waals surface area contributed by atoms with Crippen LogP contribution in [0, 0.1) is 11.8 Å². The smallest absolute Gasteiger partial charge is 0.167 e. The van der Waals surface area contributed by atoms with Crippen molar-refractivity contribution in [2.45, 2.75) is 32.9 Å². The van der Waals surface area contributed by atoms with E-state index in [1.165, 1.54) is 0 Å². The summed E-state index contributed by atoms with van der Waals surface area (Å²) in [6.07, 6.45) is 0.106. The SMILES string of the molecule is C[C@@H]1CC(=O)[C@@H](F)[C@H](C)C1. The van der Waals surface area contributed by atoms with Gasteiger partial charge in [0.2, 0.25) is 0 Å². The molecule has 0 bridgehead atoms. The molecule has 0 spiro atoms. The second kappa shape index (κ2) is 2.69. The van der Waals surface area contributed by atoms with E-state index in [-0.39, 0.29) is 11.7 Å². The average Bonchev–Trinajstić information content (AvgIpc) is 1.82. The number of alkyl halides is 1. The molecule has 0 aromatic heterocycles. The highest BCUT2D eigenvalue weighted by Gasteiger charge is 2.31. The Labute approximate surface area is 60.6 Å². The maximum Gasteiger partial charge on any atom is 0.167 e. The first kappa shape index (κ1) is 7.70. The molecule has 0 unspecified atom stereocenters. The number of carbonyl (C=O) groups is 1. The van der Waals surface area contributed by atoms with Crippen LogP contribution in [0.1, 0.15) is 26.7 Å². The summed E-state index contributed by atoms with van der Waals surface area (Å²) in [5, 5.41) is 0. The molecular formula is C8H13FO. The number of hydrogen-bond acceptors (Lipinski definition) is 1. The van der Waals surface area contributed by atoms with Gasteiger partial charge < -0.3 is 0 Å². The maximum absolute atomic E-state index is 12.8. The zero-order chi connectivity index (χ0) is 7.72. The van der Waals surface area contributed by atoms with Crippen molar-refractivity contribution in [2.75, 3.05) is 0 Å². The van der Waals surface area contributed by atoms with E-state index in [9.17, 15) is 9.18 Å². The highest BCUT2D eigenvalue weighted by Crippen LogP contribution is 2.27. The number of Topliss-reactive ketones (excluding diaryl/α,β-unsaturated/α-hetero) is 1. The van der Waals surface area contributed by atoms with Crippen molar-refractivity contribution < 1.29 is 9.18 Å². The van der Waals surface area contributed by atoms with Gasteiger partial charge in [-0.15, -0.1) is 0 Å². The van der Waals surface area contributed by atoms with Crippen molar-refractivity contribution in [3.05, 3.63) is 0 Å². The minimum absolute atomic E-state index is 0.0590. The van der Waals surface area contributed by atoms with Crippen molar-refractivity contribution in [3.8, 4) is 0 Å². The van der Waals surface area contributed by atoms with E-state index in [0.29, 0.717) is 12.3 Å². The summed E-state index contributed by atoms with van der Waals surface area (Å²) in [6, 6.07) is 0. The highest BCUT2D eigenvalue weighted by atomic mass is 19.1. The zero-order valence-electron chi connectivity index (χ0n) is 6.43. The molecule has 0 N–H and O–H groups in total. The molecule has 0 aliphatic heterocycles. The lowest BCUT2D eigenvalue weighted by Crippen LogP contribution is -2.31. The first-order valence-corrected chi connectivity index (χ1v) is 3.78. The van der Waals surface area contributed by atoms with Crippen LogP contribution < -0.4 is 0 Å². The van der Waals surface area contributed by atoms with E-state index in [1.807, 2.05) is 6.92 Å². The molecule has 0 heterocycles. The van der Waals surface area contributed by atoms with Crippen LogP contribution in [-0.4, -0.2) is 12.0 Å². The van der Waals surface area contributed by atoms with Crippen LogP contribution in [0.5, 0.6) is 0 Å². The second-order valence-electron chi connectivity index (χ2n) is 3.39. The van der Waals surface area contributed by atoms with E-state index in [1.54, 1.807) is 6.92 Å². The Bertz CT molecular complexity index is 144. The predicted molar refractivity (Wildman–Crippen MR) is 37.5 cm³/mol. The van der Waals surface area contributed by atoms with Gasteiger partial charge in [0.1, 0.15) is 0 Å². The molecule has 2 heteroatoms. The Morgan fingerprint density at radius 3 is 2.60 bits per heavy atom. The van der Waals surface area contributed by atoms with Crippen LogP contribution in [0.4, 0.5) is 4.39 Å². The summed E-state index contributed by atoms with van der Waals surface area (Å²) in [5.41, 5.74) is 0. The molecule has 1 aliphatic carbocycles. The summed E-state index contributed by atoms with van der Waals surface area (Å²) in [6.45, 7) is 3.80. The van der Waals surface area contributed by atoms with Gasteiger partial charge in [-0.25, -0.2) is 4.39 Å². The van der Waals surface area contributed by atoms with Crippen molar-refractivity contribution in [1.82, 2.24) is 0 Å². The fourth-order valence-electron chi connectivity index (χ4n) is 1.61. The molecule has 58 valence electrons. The van der Waals surface area contributed by atoms with Gasteiger partial charge in [-0.3, -0.25) is 4.79 Å². The summed E-state index contributed by atoms with van der Waals surface area (Å²) in [7, 11) is 0. The summed E-state index contributed by atoms with van der Waals surface area (Å²) < 4.78 is 12.8. The molecule has 1 fully saturated rings. The lowest BCUT2D eigenvalue weighted by atomic mass is 9.81. The molecule has 10 heavy (non-hydrogen) atoms. The van der Waals surface area contributed by atoms with Crippen molar-refractivity contribution in [3.63, 3.8) is 0 Å². The predicted octanol–water partition coefficient (Wildman–Crippen LogP) is 1.96. The zero-order valence-corrected chi connectivity index (χ0v) is 6.43. The van der Waals surface area contributed by atoms with E-state index >= 15 is 0 Å². The first-order valence-electron chi connectivity index (χ1n) is 3.78. The molecular weight excluding hydrogens is 131 g/mol. The molecule has 1 aliphatic rings. The standard InChI is InChI=1S/C8H13FO/c1-5-3-6(2)8(9)7(10)4-5/h5-6,8H,3-4H2,1-2H3/t5-,6+,8-/m0/s1. The van der Waals surface area contributed by atoms with Gasteiger partial charge in [-0.1, -0.05) is 13.8 Å². The third-order valence-corrected chi connectivity index (χ3v) is 2.13. The fourth-order valence-corrected chi connectivity index (χ4v) is 1.61. The van der Waals surface area contributed by atoms with Crippen molar-refractivity contribution >= 4 is 5.78 Å². The molecule has 0 saturated heterocycles. The summed E-state index contributed by atoms with van der Waals surface area (Å²) >= 11 is 0. The molecule has 1 rings (SSSR count). The Morgan fingerprint density at radius 1 is 1.50 bits per heavy atom. The lowest BCUT2D eigenvalue weighted by Gasteiger charge is -2.25. The maximum atomic E-state index is 12.8. The summed E-state index contributed by atoms with van der Waals surface area (Å²) in [4.78, 5) is 10.8. The van der Waals surface area contributed by atoms with Crippen molar-refractivity contribution in [2.24, 2.45) is 11.8 Å². The van der Waals surface area contributed by atoms with Crippen LogP contribution >= 0.6 is 0 Å². The van der Waals surface area contributed by atoms with Crippen LogP contribution in [0.2, 0.25) is 0 Å². The fraction of sp³-hybridized carbons (Fsp3) is 0.875. The van der Waals surface area contributed by atoms with Crippen LogP contribution in [-0.2, 0) is 4.79 Å². The Kier molecular flexibility index (Phi) is 2.07. The first-order chi connectivity index (χ1) is 4.61. The Hall–Kier alpha value is -0.400. The van der Waals surface area contributed by atoms with E-state index < -0.39 is 6.17 Å². The number of carbonyl (C=O) groups excluding carboxylic acids is 1. The van der Waals surface area contributed by atoms with E-state index in [2.05, 4.69) is 0 Å². The molecule has 1 nitrogen and oxygen atoms in total. The topological polar surface area (TPSA) is 17.1 Å². The number of rotatable bonds is 0. The summed E-state index contributed by atoms with van der Waals surface area (Å²) in [5.74, 6) is 0.122. The second-order valence-corrected chi connectivity index (χ2v) is 3.39. The Balaban J connectivity index is 2.57. The van der Waals surface area contributed by atoms with E-state index in [4.69, 9.17) is 0 Å². The van der Waals surface area contributed by atoms with Gasteiger partial charge >= 0.3 is 0 Å². The van der Waals surface area contributed by atoms with Gasteiger partial charge in [0.15, 0.2) is 12.0 Å². The molecule has 0 radical (unpaired) electrons.